The molecule has 0 bridgehead atoms. The summed E-state index contributed by atoms with van der Waals surface area (Å²) in [6.07, 6.45) is 5.84. The first-order valence-electron chi connectivity index (χ1n) is 7.09. The molecule has 1 rings (SSSR count). The van der Waals surface area contributed by atoms with E-state index in [1.165, 1.54) is 29.7 Å². The van der Waals surface area contributed by atoms with Gasteiger partial charge in [-0.05, 0) is 43.2 Å². The molecule has 1 nitrogen and oxygen atoms in total. The zero-order valence-electron chi connectivity index (χ0n) is 12.2. The molecule has 1 aromatic carbocycles. The predicted octanol–water partition coefficient (Wildman–Crippen LogP) is 4.89. The van der Waals surface area contributed by atoms with E-state index in [-0.39, 0.29) is 0 Å². The molecule has 1 N–H and O–H groups in total. The average molecular weight is 265 g/mol. The standard InChI is InChI=1S/C16H27NS/c1-5-11-17-15(12-13(3)6-2)14-9-7-8-10-16(14)18-4/h7-10,13,15,17H,5-6,11-12H2,1-4H3. The monoisotopic (exact) mass is 265 g/mol. The van der Waals surface area contributed by atoms with Crippen LogP contribution >= 0.6 is 11.8 Å². The number of hydrogen-bond acceptors (Lipinski definition) is 2. The molecular formula is C16H27NS. The molecule has 0 aromatic heterocycles. The SMILES string of the molecule is CCCNC(CC(C)CC)c1ccccc1SC. The zero-order valence-corrected chi connectivity index (χ0v) is 13.0. The molecule has 0 amide bonds. The third-order valence-electron chi connectivity index (χ3n) is 3.49. The van der Waals surface area contributed by atoms with Crippen molar-refractivity contribution in [1.82, 2.24) is 5.32 Å². The van der Waals surface area contributed by atoms with Gasteiger partial charge in [-0.2, -0.15) is 0 Å². The minimum absolute atomic E-state index is 0.503. The van der Waals surface area contributed by atoms with E-state index in [1.807, 2.05) is 11.8 Å². The van der Waals surface area contributed by atoms with Crippen LogP contribution in [0.4, 0.5) is 0 Å². The highest BCUT2D eigenvalue weighted by Gasteiger charge is 2.16. The Morgan fingerprint density at radius 1 is 1.22 bits per heavy atom. The molecular weight excluding hydrogens is 238 g/mol. The van der Waals surface area contributed by atoms with Crippen LogP contribution in [0.25, 0.3) is 0 Å². The Balaban J connectivity index is 2.85. The van der Waals surface area contributed by atoms with Crippen molar-refractivity contribution >= 4 is 11.8 Å². The number of hydrogen-bond donors (Lipinski definition) is 1. The van der Waals surface area contributed by atoms with Gasteiger partial charge in [0.05, 0.1) is 0 Å². The van der Waals surface area contributed by atoms with Crippen LogP contribution in [0.15, 0.2) is 29.2 Å². The Hall–Kier alpha value is -0.470. The lowest BCUT2D eigenvalue weighted by molar-refractivity contribution is 0.399. The fourth-order valence-electron chi connectivity index (χ4n) is 2.16. The van der Waals surface area contributed by atoms with Crippen molar-refractivity contribution in [2.45, 2.75) is 51.0 Å². The van der Waals surface area contributed by atoms with Crippen molar-refractivity contribution in [3.05, 3.63) is 29.8 Å². The summed E-state index contributed by atoms with van der Waals surface area (Å²) in [7, 11) is 0. The van der Waals surface area contributed by atoms with Gasteiger partial charge < -0.3 is 5.32 Å². The molecule has 0 fully saturated rings. The van der Waals surface area contributed by atoms with Gasteiger partial charge >= 0.3 is 0 Å². The molecule has 0 saturated heterocycles. The van der Waals surface area contributed by atoms with Crippen LogP contribution < -0.4 is 5.32 Å². The van der Waals surface area contributed by atoms with Crippen LogP contribution in [0.1, 0.15) is 51.6 Å². The van der Waals surface area contributed by atoms with Crippen molar-refractivity contribution in [2.75, 3.05) is 12.8 Å². The molecule has 0 aliphatic carbocycles. The highest BCUT2D eigenvalue weighted by molar-refractivity contribution is 7.98. The fraction of sp³-hybridized carbons (Fsp3) is 0.625. The second kappa shape index (κ2) is 8.60. The first-order chi connectivity index (χ1) is 8.72. The molecule has 0 aliphatic rings. The van der Waals surface area contributed by atoms with Crippen LogP contribution in [0.3, 0.4) is 0 Å². The molecule has 2 unspecified atom stereocenters. The number of benzene rings is 1. The van der Waals surface area contributed by atoms with Crippen LogP contribution in [-0.4, -0.2) is 12.8 Å². The summed E-state index contributed by atoms with van der Waals surface area (Å²) in [5.41, 5.74) is 1.47. The van der Waals surface area contributed by atoms with Gasteiger partial charge in [0.25, 0.3) is 0 Å². The summed E-state index contributed by atoms with van der Waals surface area (Å²) in [6.45, 7) is 7.96. The summed E-state index contributed by atoms with van der Waals surface area (Å²) in [5, 5.41) is 3.71. The summed E-state index contributed by atoms with van der Waals surface area (Å²) in [6, 6.07) is 9.31. The summed E-state index contributed by atoms with van der Waals surface area (Å²) < 4.78 is 0. The Morgan fingerprint density at radius 3 is 2.56 bits per heavy atom. The normalized spacial score (nSPS) is 14.4. The van der Waals surface area contributed by atoms with Crippen LogP contribution in [0.2, 0.25) is 0 Å². The van der Waals surface area contributed by atoms with Crippen molar-refractivity contribution in [3.63, 3.8) is 0 Å². The van der Waals surface area contributed by atoms with E-state index in [4.69, 9.17) is 0 Å². The maximum atomic E-state index is 3.71. The number of thioether (sulfide) groups is 1. The largest absolute Gasteiger partial charge is 0.310 e. The van der Waals surface area contributed by atoms with Crippen molar-refractivity contribution in [3.8, 4) is 0 Å². The molecule has 0 aliphatic heterocycles. The van der Waals surface area contributed by atoms with E-state index in [2.05, 4.69) is 56.6 Å². The molecule has 0 heterocycles. The lowest BCUT2D eigenvalue weighted by Gasteiger charge is -2.24. The van der Waals surface area contributed by atoms with E-state index in [0.717, 1.165) is 12.5 Å². The highest BCUT2D eigenvalue weighted by Crippen LogP contribution is 2.30. The average Bonchev–Trinajstić information content (AvgIpc) is 2.43. The molecule has 0 spiro atoms. The highest BCUT2D eigenvalue weighted by atomic mass is 32.2. The quantitative estimate of drug-likeness (QED) is 0.672. The predicted molar refractivity (Wildman–Crippen MR) is 83.3 cm³/mol. The summed E-state index contributed by atoms with van der Waals surface area (Å²) in [5.74, 6) is 0.772. The molecule has 2 atom stereocenters. The topological polar surface area (TPSA) is 12.0 Å². The molecule has 0 radical (unpaired) electrons. The van der Waals surface area contributed by atoms with Crippen LogP contribution in [0, 0.1) is 5.92 Å². The number of rotatable bonds is 8. The Bertz CT molecular complexity index is 338. The number of nitrogens with one attached hydrogen (secondary N) is 1. The Morgan fingerprint density at radius 2 is 1.94 bits per heavy atom. The second-order valence-electron chi connectivity index (χ2n) is 5.00. The van der Waals surface area contributed by atoms with E-state index >= 15 is 0 Å². The molecule has 0 saturated carbocycles. The van der Waals surface area contributed by atoms with E-state index < -0.39 is 0 Å². The zero-order chi connectivity index (χ0) is 13.4. The van der Waals surface area contributed by atoms with Gasteiger partial charge in [0.2, 0.25) is 0 Å². The first kappa shape index (κ1) is 15.6. The van der Waals surface area contributed by atoms with Gasteiger partial charge in [0.15, 0.2) is 0 Å². The van der Waals surface area contributed by atoms with Gasteiger partial charge in [-0.3, -0.25) is 0 Å². The maximum absolute atomic E-state index is 3.71. The summed E-state index contributed by atoms with van der Waals surface area (Å²) in [4.78, 5) is 1.41. The van der Waals surface area contributed by atoms with Gasteiger partial charge in [-0.25, -0.2) is 0 Å². The van der Waals surface area contributed by atoms with Gasteiger partial charge in [0, 0.05) is 10.9 Å². The van der Waals surface area contributed by atoms with E-state index in [1.54, 1.807) is 0 Å². The lowest BCUT2D eigenvalue weighted by Crippen LogP contribution is -2.24. The molecule has 18 heavy (non-hydrogen) atoms. The van der Waals surface area contributed by atoms with Gasteiger partial charge in [0.1, 0.15) is 0 Å². The van der Waals surface area contributed by atoms with Crippen LogP contribution in [-0.2, 0) is 0 Å². The Labute approximate surface area is 117 Å². The Kier molecular flexibility index (Phi) is 7.45. The van der Waals surface area contributed by atoms with Crippen LogP contribution in [0.5, 0.6) is 0 Å². The molecule has 2 heteroatoms. The van der Waals surface area contributed by atoms with E-state index in [0.29, 0.717) is 6.04 Å². The molecule has 1 aromatic rings. The minimum atomic E-state index is 0.503. The molecule has 102 valence electrons. The van der Waals surface area contributed by atoms with Crippen molar-refractivity contribution in [1.29, 1.82) is 0 Å². The van der Waals surface area contributed by atoms with Gasteiger partial charge in [-0.1, -0.05) is 45.4 Å². The fourth-order valence-corrected chi connectivity index (χ4v) is 2.82. The second-order valence-corrected chi connectivity index (χ2v) is 5.85. The van der Waals surface area contributed by atoms with Crippen molar-refractivity contribution in [2.24, 2.45) is 5.92 Å². The van der Waals surface area contributed by atoms with Gasteiger partial charge in [-0.15, -0.1) is 11.8 Å². The first-order valence-corrected chi connectivity index (χ1v) is 8.31. The minimum Gasteiger partial charge on any atom is -0.310 e. The van der Waals surface area contributed by atoms with E-state index in [9.17, 15) is 0 Å². The maximum Gasteiger partial charge on any atom is 0.0333 e. The summed E-state index contributed by atoms with van der Waals surface area (Å²) >= 11 is 1.85. The third-order valence-corrected chi connectivity index (χ3v) is 4.30. The smallest absolute Gasteiger partial charge is 0.0333 e. The lowest BCUT2D eigenvalue weighted by atomic mass is 9.94. The van der Waals surface area contributed by atoms with Crippen molar-refractivity contribution < 1.29 is 0 Å². The third kappa shape index (κ3) is 4.66.